The van der Waals surface area contributed by atoms with E-state index < -0.39 is 11.5 Å². The van der Waals surface area contributed by atoms with E-state index in [0.29, 0.717) is 31.2 Å². The zero-order chi connectivity index (χ0) is 18.5. The number of esters is 1. The highest BCUT2D eigenvalue weighted by Crippen LogP contribution is 2.20. The normalized spacial score (nSPS) is 14.2. The van der Waals surface area contributed by atoms with Gasteiger partial charge in [0.1, 0.15) is 5.56 Å². The van der Waals surface area contributed by atoms with Crippen molar-refractivity contribution in [2.24, 2.45) is 0 Å². The molecule has 0 aliphatic carbocycles. The number of H-pyrrole nitrogens is 1. The van der Waals surface area contributed by atoms with E-state index in [1.165, 1.54) is 18.3 Å². The van der Waals surface area contributed by atoms with Gasteiger partial charge < -0.3 is 19.5 Å². The van der Waals surface area contributed by atoms with E-state index in [-0.39, 0.29) is 18.1 Å². The molecule has 7 nitrogen and oxygen atoms in total. The molecular weight excluding hydrogens is 358 g/mol. The topological polar surface area (TPSA) is 82.7 Å². The van der Waals surface area contributed by atoms with E-state index in [4.69, 9.17) is 16.3 Å². The molecule has 2 aromatic rings. The monoisotopic (exact) mass is 375 g/mol. The van der Waals surface area contributed by atoms with Gasteiger partial charge in [0.25, 0.3) is 11.5 Å². The molecule has 0 saturated carbocycles. The summed E-state index contributed by atoms with van der Waals surface area (Å²) in [4.78, 5) is 41.8. The standard InChI is InChI=1S/C18H18ClN3O4/c19-13-3-1-4-14(11-13)21-7-9-22(10-8-21)16(23)12-26-18(25)15-5-2-6-20-17(15)24/h1-6,11H,7-10,12H2,(H,20,24). The number of carbonyl (C=O) groups excluding carboxylic acids is 2. The second-order valence-electron chi connectivity index (χ2n) is 5.84. The molecule has 1 aromatic heterocycles. The first kappa shape index (κ1) is 18.0. The minimum atomic E-state index is -0.808. The van der Waals surface area contributed by atoms with E-state index >= 15 is 0 Å². The fourth-order valence-corrected chi connectivity index (χ4v) is 2.95. The second-order valence-corrected chi connectivity index (χ2v) is 6.27. The Morgan fingerprint density at radius 1 is 1.12 bits per heavy atom. The molecule has 1 saturated heterocycles. The number of ether oxygens (including phenoxy) is 1. The molecule has 0 bridgehead atoms. The first-order valence-electron chi connectivity index (χ1n) is 8.18. The first-order valence-corrected chi connectivity index (χ1v) is 8.55. The van der Waals surface area contributed by atoms with Gasteiger partial charge in [-0.05, 0) is 30.3 Å². The molecule has 1 aliphatic rings. The molecule has 2 heterocycles. The number of rotatable bonds is 4. The van der Waals surface area contributed by atoms with Crippen molar-refractivity contribution in [1.29, 1.82) is 0 Å². The largest absolute Gasteiger partial charge is 0.452 e. The van der Waals surface area contributed by atoms with Crippen LogP contribution in [0.1, 0.15) is 10.4 Å². The van der Waals surface area contributed by atoms with Crippen LogP contribution < -0.4 is 10.5 Å². The fourth-order valence-electron chi connectivity index (χ4n) is 2.77. The number of benzene rings is 1. The SMILES string of the molecule is O=C(OCC(=O)N1CCN(c2cccc(Cl)c2)CC1)c1ccc[nH]c1=O. The Labute approximate surface area is 155 Å². The maximum absolute atomic E-state index is 12.2. The first-order chi connectivity index (χ1) is 12.5. The van der Waals surface area contributed by atoms with Gasteiger partial charge in [-0.2, -0.15) is 0 Å². The number of halogens is 1. The molecule has 136 valence electrons. The minimum absolute atomic E-state index is 0.119. The Kier molecular flexibility index (Phi) is 5.58. The lowest BCUT2D eigenvalue weighted by molar-refractivity contribution is -0.134. The Balaban J connectivity index is 1.50. The molecule has 0 radical (unpaired) electrons. The zero-order valence-electron chi connectivity index (χ0n) is 14.0. The van der Waals surface area contributed by atoms with Gasteiger partial charge >= 0.3 is 5.97 Å². The van der Waals surface area contributed by atoms with Gasteiger partial charge in [-0.25, -0.2) is 4.79 Å². The summed E-state index contributed by atoms with van der Waals surface area (Å²) < 4.78 is 4.97. The third-order valence-electron chi connectivity index (χ3n) is 4.17. The smallest absolute Gasteiger partial charge is 0.344 e. The average Bonchev–Trinajstić information content (AvgIpc) is 2.66. The summed E-state index contributed by atoms with van der Waals surface area (Å²) in [5.41, 5.74) is 0.352. The van der Waals surface area contributed by atoms with Crippen LogP contribution >= 0.6 is 11.6 Å². The van der Waals surface area contributed by atoms with Crippen molar-refractivity contribution in [3.8, 4) is 0 Å². The number of nitrogens with zero attached hydrogens (tertiary/aromatic N) is 2. The lowest BCUT2D eigenvalue weighted by Crippen LogP contribution is -2.50. The minimum Gasteiger partial charge on any atom is -0.452 e. The molecule has 8 heteroatoms. The highest BCUT2D eigenvalue weighted by atomic mass is 35.5. The molecule has 1 aromatic carbocycles. The number of hydrogen-bond donors (Lipinski definition) is 1. The number of anilines is 1. The van der Waals surface area contributed by atoms with Gasteiger partial charge in [0.05, 0.1) is 0 Å². The molecule has 0 unspecified atom stereocenters. The van der Waals surface area contributed by atoms with Crippen molar-refractivity contribution in [1.82, 2.24) is 9.88 Å². The Bertz CT molecular complexity index is 859. The van der Waals surface area contributed by atoms with E-state index in [9.17, 15) is 14.4 Å². The summed E-state index contributed by atoms with van der Waals surface area (Å²) in [6.07, 6.45) is 1.42. The van der Waals surface area contributed by atoms with Crippen LogP contribution in [-0.2, 0) is 9.53 Å². The van der Waals surface area contributed by atoms with E-state index in [0.717, 1.165) is 5.69 Å². The van der Waals surface area contributed by atoms with Crippen LogP contribution in [0.25, 0.3) is 0 Å². The summed E-state index contributed by atoms with van der Waals surface area (Å²) in [5.74, 6) is -1.09. The van der Waals surface area contributed by atoms with Crippen LogP contribution in [0.15, 0.2) is 47.4 Å². The van der Waals surface area contributed by atoms with E-state index in [1.807, 2.05) is 24.3 Å². The molecule has 3 rings (SSSR count). The van der Waals surface area contributed by atoms with Gasteiger partial charge in [0, 0.05) is 43.1 Å². The van der Waals surface area contributed by atoms with Crippen LogP contribution in [0.4, 0.5) is 5.69 Å². The summed E-state index contributed by atoms with van der Waals surface area (Å²) >= 11 is 6.01. The van der Waals surface area contributed by atoms with Crippen LogP contribution in [0.2, 0.25) is 5.02 Å². The van der Waals surface area contributed by atoms with Gasteiger partial charge in [-0.15, -0.1) is 0 Å². The lowest BCUT2D eigenvalue weighted by Gasteiger charge is -2.36. The van der Waals surface area contributed by atoms with Gasteiger partial charge in [0.15, 0.2) is 6.61 Å². The van der Waals surface area contributed by atoms with Gasteiger partial charge in [0.2, 0.25) is 0 Å². The van der Waals surface area contributed by atoms with E-state index in [2.05, 4.69) is 9.88 Å². The highest BCUT2D eigenvalue weighted by molar-refractivity contribution is 6.30. The molecule has 1 fully saturated rings. The predicted octanol–water partition coefficient (Wildman–Crippen LogP) is 1.53. The number of hydrogen-bond acceptors (Lipinski definition) is 5. The Morgan fingerprint density at radius 3 is 2.58 bits per heavy atom. The van der Waals surface area contributed by atoms with Crippen molar-refractivity contribution in [2.45, 2.75) is 0 Å². The maximum atomic E-state index is 12.2. The van der Waals surface area contributed by atoms with Crippen LogP contribution in [-0.4, -0.2) is 54.5 Å². The number of nitrogens with one attached hydrogen (secondary N) is 1. The quantitative estimate of drug-likeness (QED) is 0.819. The van der Waals surface area contributed by atoms with Crippen LogP contribution in [0.5, 0.6) is 0 Å². The fraction of sp³-hybridized carbons (Fsp3) is 0.278. The number of amides is 1. The van der Waals surface area contributed by atoms with Crippen molar-refractivity contribution < 1.29 is 14.3 Å². The summed E-state index contributed by atoms with van der Waals surface area (Å²) in [5, 5.41) is 0.670. The third-order valence-corrected chi connectivity index (χ3v) is 4.41. The zero-order valence-corrected chi connectivity index (χ0v) is 14.7. The number of aromatic nitrogens is 1. The Hall–Kier alpha value is -2.80. The highest BCUT2D eigenvalue weighted by Gasteiger charge is 2.23. The van der Waals surface area contributed by atoms with Gasteiger partial charge in [-0.1, -0.05) is 17.7 Å². The predicted molar refractivity (Wildman–Crippen MR) is 97.6 cm³/mol. The molecule has 1 N–H and O–H groups in total. The number of piperazine rings is 1. The average molecular weight is 376 g/mol. The number of carbonyl (C=O) groups is 2. The lowest BCUT2D eigenvalue weighted by atomic mass is 10.2. The Morgan fingerprint density at radius 2 is 1.88 bits per heavy atom. The van der Waals surface area contributed by atoms with E-state index in [1.54, 1.807) is 4.90 Å². The molecule has 0 spiro atoms. The van der Waals surface area contributed by atoms with Crippen molar-refractivity contribution in [3.05, 3.63) is 63.5 Å². The van der Waals surface area contributed by atoms with Crippen molar-refractivity contribution in [2.75, 3.05) is 37.7 Å². The van der Waals surface area contributed by atoms with Crippen LogP contribution in [0.3, 0.4) is 0 Å². The van der Waals surface area contributed by atoms with Gasteiger partial charge in [-0.3, -0.25) is 9.59 Å². The third kappa shape index (κ3) is 4.23. The number of pyridine rings is 1. The van der Waals surface area contributed by atoms with Crippen molar-refractivity contribution in [3.63, 3.8) is 0 Å². The summed E-state index contributed by atoms with van der Waals surface area (Å²) in [6, 6.07) is 10.4. The molecular formula is C18H18ClN3O4. The maximum Gasteiger partial charge on any atom is 0.344 e. The van der Waals surface area contributed by atoms with Crippen molar-refractivity contribution >= 4 is 29.2 Å². The molecule has 0 atom stereocenters. The molecule has 1 aliphatic heterocycles. The van der Waals surface area contributed by atoms with Crippen LogP contribution in [0, 0.1) is 0 Å². The number of aromatic amines is 1. The molecule has 1 amide bonds. The molecule has 26 heavy (non-hydrogen) atoms. The summed E-state index contributed by atoms with van der Waals surface area (Å²) in [6.45, 7) is 1.99. The summed E-state index contributed by atoms with van der Waals surface area (Å²) in [7, 11) is 0. The second kappa shape index (κ2) is 8.05.